The van der Waals surface area contributed by atoms with Gasteiger partial charge in [-0.3, -0.25) is 0 Å². The molecule has 1 atom stereocenters. The Kier molecular flexibility index (Phi) is 4.31. The van der Waals surface area contributed by atoms with E-state index in [2.05, 4.69) is 15.9 Å². The van der Waals surface area contributed by atoms with E-state index in [-0.39, 0.29) is 22.4 Å². The van der Waals surface area contributed by atoms with Crippen LogP contribution in [-0.2, 0) is 14.8 Å². The van der Waals surface area contributed by atoms with Gasteiger partial charge in [-0.05, 0) is 28.9 Å². The van der Waals surface area contributed by atoms with Crippen molar-refractivity contribution < 1.29 is 23.1 Å². The highest BCUT2D eigenvalue weighted by Gasteiger charge is 2.34. The number of sulfonamides is 1. The van der Waals surface area contributed by atoms with Crippen LogP contribution < -0.4 is 0 Å². The highest BCUT2D eigenvalue weighted by Crippen LogP contribution is 2.34. The molecule has 0 amide bonds. The summed E-state index contributed by atoms with van der Waals surface area (Å²) in [5.41, 5.74) is 0. The fourth-order valence-corrected chi connectivity index (χ4v) is 5.78. The van der Waals surface area contributed by atoms with Gasteiger partial charge in [-0.2, -0.15) is 4.31 Å². The van der Waals surface area contributed by atoms with Gasteiger partial charge in [0, 0.05) is 12.6 Å². The Hall–Kier alpha value is -0.480. The minimum Gasteiger partial charge on any atom is -0.477 e. The Labute approximate surface area is 123 Å². The van der Waals surface area contributed by atoms with Gasteiger partial charge in [-0.25, -0.2) is 13.2 Å². The molecule has 2 heterocycles. The molecular weight excluding hydrogens is 358 g/mol. The van der Waals surface area contributed by atoms with Crippen molar-refractivity contribution in [3.63, 3.8) is 0 Å². The summed E-state index contributed by atoms with van der Waals surface area (Å²) in [6, 6.07) is 0.924. The molecule has 0 saturated carbocycles. The Morgan fingerprint density at radius 3 is 2.84 bits per heavy atom. The zero-order chi connectivity index (χ0) is 14.2. The fourth-order valence-electron chi connectivity index (χ4n) is 1.83. The van der Waals surface area contributed by atoms with Crippen molar-refractivity contribution in [2.24, 2.45) is 0 Å². The molecule has 1 N–H and O–H groups in total. The topological polar surface area (TPSA) is 83.9 Å². The summed E-state index contributed by atoms with van der Waals surface area (Å²) in [5, 5.41) is 8.91. The molecule has 1 aliphatic heterocycles. The van der Waals surface area contributed by atoms with Crippen LogP contribution in [-0.4, -0.2) is 49.6 Å². The number of hydrogen-bond donors (Lipinski definition) is 1. The molecule has 0 unspecified atom stereocenters. The highest BCUT2D eigenvalue weighted by atomic mass is 79.9. The summed E-state index contributed by atoms with van der Waals surface area (Å²) < 4.78 is 31.9. The smallest absolute Gasteiger partial charge is 0.345 e. The van der Waals surface area contributed by atoms with Crippen LogP contribution in [0.25, 0.3) is 0 Å². The van der Waals surface area contributed by atoms with Crippen molar-refractivity contribution in [3.05, 3.63) is 14.7 Å². The van der Waals surface area contributed by atoms with E-state index in [4.69, 9.17) is 9.84 Å². The van der Waals surface area contributed by atoms with Crippen LogP contribution in [0, 0.1) is 0 Å². The van der Waals surface area contributed by atoms with E-state index in [0.717, 1.165) is 11.3 Å². The van der Waals surface area contributed by atoms with Crippen molar-refractivity contribution in [3.8, 4) is 0 Å². The summed E-state index contributed by atoms with van der Waals surface area (Å²) >= 11 is 4.02. The minimum atomic E-state index is -3.70. The molecule has 1 aliphatic rings. The standard InChI is InChI=1S/C10H12BrNO5S2/c1-6-5-17-3-2-12(6)19(15,16)8-4-7(10(13)14)18-9(8)11/h4,6H,2-3,5H2,1H3,(H,13,14)/t6-/m1/s1. The number of carbonyl (C=O) groups is 1. The second-order valence-corrected chi connectivity index (χ2v) is 8.32. The molecule has 6 nitrogen and oxygen atoms in total. The van der Waals surface area contributed by atoms with Crippen molar-refractivity contribution in [2.45, 2.75) is 17.9 Å². The highest BCUT2D eigenvalue weighted by molar-refractivity contribution is 9.11. The Morgan fingerprint density at radius 2 is 2.32 bits per heavy atom. The Balaban J connectivity index is 2.41. The SMILES string of the molecule is C[C@@H]1COCCN1S(=O)(=O)c1cc(C(=O)O)sc1Br. The third kappa shape index (κ3) is 2.84. The third-order valence-electron chi connectivity index (χ3n) is 2.76. The zero-order valence-electron chi connectivity index (χ0n) is 10.00. The van der Waals surface area contributed by atoms with Crippen molar-refractivity contribution in [1.29, 1.82) is 0 Å². The van der Waals surface area contributed by atoms with Gasteiger partial charge >= 0.3 is 5.97 Å². The largest absolute Gasteiger partial charge is 0.477 e. The van der Waals surface area contributed by atoms with Crippen LogP contribution in [0.15, 0.2) is 14.7 Å². The summed E-state index contributed by atoms with van der Waals surface area (Å²) in [5.74, 6) is -1.14. The lowest BCUT2D eigenvalue weighted by Gasteiger charge is -2.32. The molecular formula is C10H12BrNO5S2. The van der Waals surface area contributed by atoms with Gasteiger partial charge in [-0.1, -0.05) is 0 Å². The van der Waals surface area contributed by atoms with Crippen LogP contribution >= 0.6 is 27.3 Å². The van der Waals surface area contributed by atoms with Gasteiger partial charge in [0.25, 0.3) is 0 Å². The number of rotatable bonds is 3. The number of carboxylic acids is 1. The zero-order valence-corrected chi connectivity index (χ0v) is 13.2. The van der Waals surface area contributed by atoms with Gasteiger partial charge in [0.15, 0.2) is 0 Å². The second kappa shape index (κ2) is 5.49. The first-order valence-corrected chi connectivity index (χ1v) is 8.51. The molecule has 1 fully saturated rings. The van der Waals surface area contributed by atoms with E-state index in [9.17, 15) is 13.2 Å². The van der Waals surface area contributed by atoms with E-state index >= 15 is 0 Å². The Bertz CT molecular complexity index is 597. The molecule has 0 radical (unpaired) electrons. The molecule has 106 valence electrons. The van der Waals surface area contributed by atoms with Gasteiger partial charge in [-0.15, -0.1) is 11.3 Å². The van der Waals surface area contributed by atoms with E-state index in [1.165, 1.54) is 10.4 Å². The number of nitrogens with zero attached hydrogens (tertiary/aromatic N) is 1. The quantitative estimate of drug-likeness (QED) is 0.874. The minimum absolute atomic E-state index is 0.00338. The molecule has 1 aromatic rings. The van der Waals surface area contributed by atoms with Gasteiger partial charge < -0.3 is 9.84 Å². The maximum absolute atomic E-state index is 12.5. The number of morpholine rings is 1. The lowest BCUT2D eigenvalue weighted by atomic mass is 10.3. The van der Waals surface area contributed by atoms with E-state index in [1.807, 2.05) is 0 Å². The summed E-state index contributed by atoms with van der Waals surface area (Å²) in [4.78, 5) is 10.9. The molecule has 1 saturated heterocycles. The predicted molar refractivity (Wildman–Crippen MR) is 73.2 cm³/mol. The Morgan fingerprint density at radius 1 is 1.63 bits per heavy atom. The van der Waals surface area contributed by atoms with Crippen molar-refractivity contribution in [1.82, 2.24) is 4.31 Å². The number of aromatic carboxylic acids is 1. The van der Waals surface area contributed by atoms with Crippen LogP contribution in [0.5, 0.6) is 0 Å². The number of halogens is 1. The maximum Gasteiger partial charge on any atom is 0.345 e. The van der Waals surface area contributed by atoms with E-state index in [1.54, 1.807) is 6.92 Å². The first-order chi connectivity index (χ1) is 8.84. The molecule has 0 bridgehead atoms. The molecule has 0 aromatic carbocycles. The van der Waals surface area contributed by atoms with Crippen LogP contribution in [0.2, 0.25) is 0 Å². The molecule has 0 aliphatic carbocycles. The number of carboxylic acid groups (broad SMARTS) is 1. The summed E-state index contributed by atoms with van der Waals surface area (Å²) in [6.07, 6.45) is 0. The molecule has 9 heteroatoms. The van der Waals surface area contributed by atoms with E-state index in [0.29, 0.717) is 17.0 Å². The van der Waals surface area contributed by atoms with Gasteiger partial charge in [0.2, 0.25) is 10.0 Å². The average molecular weight is 370 g/mol. The third-order valence-corrected chi connectivity index (χ3v) is 7.01. The predicted octanol–water partition coefficient (Wildman–Crippen LogP) is 1.62. The average Bonchev–Trinajstić information content (AvgIpc) is 2.72. The molecule has 19 heavy (non-hydrogen) atoms. The fraction of sp³-hybridized carbons (Fsp3) is 0.500. The normalized spacial score (nSPS) is 21.5. The first-order valence-electron chi connectivity index (χ1n) is 5.46. The van der Waals surface area contributed by atoms with Crippen LogP contribution in [0.3, 0.4) is 0 Å². The van der Waals surface area contributed by atoms with Gasteiger partial charge in [0.05, 0.1) is 17.0 Å². The molecule has 2 rings (SSSR count). The molecule has 1 aromatic heterocycles. The van der Waals surface area contributed by atoms with Crippen LogP contribution in [0.1, 0.15) is 16.6 Å². The number of ether oxygens (including phenoxy) is 1. The lowest BCUT2D eigenvalue weighted by Crippen LogP contribution is -2.46. The first kappa shape index (κ1) is 14.9. The molecule has 0 spiro atoms. The van der Waals surface area contributed by atoms with E-state index < -0.39 is 16.0 Å². The number of hydrogen-bond acceptors (Lipinski definition) is 5. The lowest BCUT2D eigenvalue weighted by molar-refractivity contribution is 0.0392. The van der Waals surface area contributed by atoms with Gasteiger partial charge in [0.1, 0.15) is 9.77 Å². The number of thiophene rings is 1. The summed E-state index contributed by atoms with van der Waals surface area (Å²) in [7, 11) is -3.70. The summed E-state index contributed by atoms with van der Waals surface area (Å²) in [6.45, 7) is 2.72. The maximum atomic E-state index is 12.5. The van der Waals surface area contributed by atoms with Crippen molar-refractivity contribution in [2.75, 3.05) is 19.8 Å². The van der Waals surface area contributed by atoms with Crippen molar-refractivity contribution >= 4 is 43.3 Å². The monoisotopic (exact) mass is 369 g/mol. The second-order valence-electron chi connectivity index (χ2n) is 4.09. The van der Waals surface area contributed by atoms with Crippen LogP contribution in [0.4, 0.5) is 0 Å².